The lowest BCUT2D eigenvalue weighted by Gasteiger charge is -2.32. The fourth-order valence-corrected chi connectivity index (χ4v) is 0.611. The highest BCUT2D eigenvalue weighted by Crippen LogP contribution is 2.11. The molecule has 1 unspecified atom stereocenters. The van der Waals surface area contributed by atoms with E-state index in [2.05, 4.69) is 0 Å². The first-order valence-corrected chi connectivity index (χ1v) is 3.72. The van der Waals surface area contributed by atoms with Crippen molar-refractivity contribution in [1.82, 2.24) is 4.90 Å². The maximum absolute atomic E-state index is 11.2. The van der Waals surface area contributed by atoms with Crippen LogP contribution >= 0.6 is 0 Å². The quantitative estimate of drug-likeness (QED) is 0.609. The van der Waals surface area contributed by atoms with Crippen LogP contribution in [0.15, 0.2) is 0 Å². The summed E-state index contributed by atoms with van der Waals surface area (Å²) in [6.45, 7) is 7.25. The first kappa shape index (κ1) is 10.4. The average Bonchev–Trinajstić information content (AvgIpc) is 1.82. The molecule has 0 aromatic heterocycles. The highest BCUT2D eigenvalue weighted by molar-refractivity contribution is 5.80. The van der Waals surface area contributed by atoms with Gasteiger partial charge in [0, 0.05) is 12.6 Å². The lowest BCUT2D eigenvalue weighted by Crippen LogP contribution is -2.46. The van der Waals surface area contributed by atoms with Gasteiger partial charge in [-0.2, -0.15) is 0 Å². The molecule has 0 fully saturated rings. The Morgan fingerprint density at radius 2 is 1.82 bits per heavy atom. The van der Waals surface area contributed by atoms with E-state index in [1.807, 2.05) is 20.8 Å². The molecule has 0 bridgehead atoms. The van der Waals surface area contributed by atoms with Crippen molar-refractivity contribution in [2.75, 3.05) is 7.05 Å². The second-order valence-corrected chi connectivity index (χ2v) is 3.74. The van der Waals surface area contributed by atoms with Crippen molar-refractivity contribution in [1.29, 1.82) is 0 Å². The van der Waals surface area contributed by atoms with E-state index in [1.54, 1.807) is 7.05 Å². The second-order valence-electron chi connectivity index (χ2n) is 3.74. The van der Waals surface area contributed by atoms with Crippen molar-refractivity contribution in [2.45, 2.75) is 39.3 Å². The Morgan fingerprint density at radius 3 is 1.91 bits per heavy atom. The van der Waals surface area contributed by atoms with Crippen LogP contribution in [0.5, 0.6) is 0 Å². The minimum atomic E-state index is -0.903. The summed E-state index contributed by atoms with van der Waals surface area (Å²) in [5, 5.41) is 8.96. The first-order valence-electron chi connectivity index (χ1n) is 3.72. The Kier molecular flexibility index (Phi) is 3.05. The summed E-state index contributed by atoms with van der Waals surface area (Å²) in [5.74, 6) is -0.238. The molecule has 0 saturated heterocycles. The zero-order valence-electron chi connectivity index (χ0n) is 7.88. The number of amides is 1. The third-order valence-corrected chi connectivity index (χ3v) is 1.69. The van der Waals surface area contributed by atoms with Crippen molar-refractivity contribution in [3.05, 3.63) is 0 Å². The third kappa shape index (κ3) is 2.89. The number of carbonyl (C=O) groups is 1. The van der Waals surface area contributed by atoms with Crippen LogP contribution in [0.1, 0.15) is 27.7 Å². The summed E-state index contributed by atoms with van der Waals surface area (Å²) in [5.41, 5.74) is -0.214. The molecule has 0 radical (unpaired) electrons. The van der Waals surface area contributed by atoms with Gasteiger partial charge in [-0.1, -0.05) is 0 Å². The maximum Gasteiger partial charge on any atom is 0.251 e. The van der Waals surface area contributed by atoms with Crippen molar-refractivity contribution >= 4 is 5.91 Å². The van der Waals surface area contributed by atoms with E-state index in [4.69, 9.17) is 5.11 Å². The van der Waals surface area contributed by atoms with E-state index >= 15 is 0 Å². The van der Waals surface area contributed by atoms with Gasteiger partial charge in [-0.15, -0.1) is 0 Å². The van der Waals surface area contributed by atoms with Crippen LogP contribution in [0.4, 0.5) is 0 Å². The highest BCUT2D eigenvalue weighted by Gasteiger charge is 2.24. The molecule has 1 N–H and O–H groups in total. The zero-order chi connectivity index (χ0) is 9.23. The molecular weight excluding hydrogens is 142 g/mol. The van der Waals surface area contributed by atoms with Crippen LogP contribution in [0.2, 0.25) is 0 Å². The predicted molar refractivity (Wildman–Crippen MR) is 44.2 cm³/mol. The summed E-state index contributed by atoms with van der Waals surface area (Å²) < 4.78 is 0. The highest BCUT2D eigenvalue weighted by atomic mass is 16.3. The van der Waals surface area contributed by atoms with Crippen molar-refractivity contribution in [3.8, 4) is 0 Å². The van der Waals surface area contributed by atoms with E-state index in [-0.39, 0.29) is 11.4 Å². The number of rotatable bonds is 1. The van der Waals surface area contributed by atoms with Gasteiger partial charge in [0.15, 0.2) is 0 Å². The van der Waals surface area contributed by atoms with E-state index < -0.39 is 6.10 Å². The molecule has 0 spiro atoms. The normalized spacial score (nSPS) is 14.4. The second kappa shape index (κ2) is 3.22. The summed E-state index contributed by atoms with van der Waals surface area (Å²) in [7, 11) is 1.69. The summed E-state index contributed by atoms with van der Waals surface area (Å²) in [6, 6.07) is 0. The number of likely N-dealkylation sites (N-methyl/N-ethyl adjacent to an activating group) is 1. The molecule has 3 heteroatoms. The Hall–Kier alpha value is -0.570. The topological polar surface area (TPSA) is 40.5 Å². The summed E-state index contributed by atoms with van der Waals surface area (Å²) >= 11 is 0. The van der Waals surface area contributed by atoms with E-state index in [0.29, 0.717) is 0 Å². The van der Waals surface area contributed by atoms with Gasteiger partial charge in [0.2, 0.25) is 0 Å². The molecule has 0 rings (SSSR count). The van der Waals surface area contributed by atoms with Crippen molar-refractivity contribution in [3.63, 3.8) is 0 Å². The number of aliphatic hydroxyl groups excluding tert-OH is 1. The van der Waals surface area contributed by atoms with Gasteiger partial charge in [-0.3, -0.25) is 4.79 Å². The lowest BCUT2D eigenvalue weighted by atomic mass is 10.1. The number of carbonyl (C=O) groups excluding carboxylic acids is 1. The molecule has 0 aromatic carbocycles. The van der Waals surface area contributed by atoms with E-state index in [0.717, 1.165) is 0 Å². The third-order valence-electron chi connectivity index (χ3n) is 1.69. The summed E-state index contributed by atoms with van der Waals surface area (Å²) in [6.07, 6.45) is -0.903. The van der Waals surface area contributed by atoms with E-state index in [9.17, 15) is 4.79 Å². The van der Waals surface area contributed by atoms with Gasteiger partial charge < -0.3 is 10.0 Å². The fourth-order valence-electron chi connectivity index (χ4n) is 0.611. The van der Waals surface area contributed by atoms with Gasteiger partial charge >= 0.3 is 0 Å². The molecule has 0 saturated carbocycles. The number of nitrogens with zero attached hydrogens (tertiary/aromatic N) is 1. The number of hydrogen-bond acceptors (Lipinski definition) is 2. The van der Waals surface area contributed by atoms with Crippen LogP contribution in [0.3, 0.4) is 0 Å². The van der Waals surface area contributed by atoms with Gasteiger partial charge in [-0.05, 0) is 27.7 Å². The molecule has 0 aliphatic carbocycles. The van der Waals surface area contributed by atoms with Gasteiger partial charge in [0.1, 0.15) is 6.10 Å². The van der Waals surface area contributed by atoms with Crippen LogP contribution in [0.25, 0.3) is 0 Å². The number of hydrogen-bond donors (Lipinski definition) is 1. The predicted octanol–water partition coefficient (Wildman–Crippen LogP) is 0.624. The van der Waals surface area contributed by atoms with Crippen LogP contribution in [-0.4, -0.2) is 34.6 Å². The van der Waals surface area contributed by atoms with Crippen LogP contribution in [0, 0.1) is 0 Å². The Balaban J connectivity index is 4.26. The van der Waals surface area contributed by atoms with Gasteiger partial charge in [0.05, 0.1) is 0 Å². The smallest absolute Gasteiger partial charge is 0.251 e. The van der Waals surface area contributed by atoms with Crippen molar-refractivity contribution in [2.24, 2.45) is 0 Å². The first-order chi connectivity index (χ1) is 4.76. The molecule has 1 atom stereocenters. The SMILES string of the molecule is CC(O)C(=O)N(C)C(C)(C)C. The maximum atomic E-state index is 11.2. The molecule has 66 valence electrons. The van der Waals surface area contributed by atoms with Gasteiger partial charge in [0.25, 0.3) is 5.91 Å². The Labute approximate surface area is 68.0 Å². The molecule has 0 aliphatic heterocycles. The van der Waals surface area contributed by atoms with Crippen molar-refractivity contribution < 1.29 is 9.90 Å². The van der Waals surface area contributed by atoms with Crippen LogP contribution < -0.4 is 0 Å². The molecule has 0 aliphatic rings. The lowest BCUT2D eigenvalue weighted by molar-refractivity contribution is -0.142. The minimum Gasteiger partial charge on any atom is -0.384 e. The standard InChI is InChI=1S/C8H17NO2/c1-6(10)7(11)9(5)8(2,3)4/h6,10H,1-5H3. The zero-order valence-corrected chi connectivity index (χ0v) is 7.88. The fraction of sp³-hybridized carbons (Fsp3) is 0.875. The van der Waals surface area contributed by atoms with E-state index in [1.165, 1.54) is 11.8 Å². The molecule has 11 heavy (non-hydrogen) atoms. The number of aliphatic hydroxyl groups is 1. The molecule has 3 nitrogen and oxygen atoms in total. The largest absolute Gasteiger partial charge is 0.384 e. The molecule has 0 aromatic rings. The summed E-state index contributed by atoms with van der Waals surface area (Å²) in [4.78, 5) is 12.7. The molecule has 1 amide bonds. The monoisotopic (exact) mass is 159 g/mol. The Bertz CT molecular complexity index is 147. The minimum absolute atomic E-state index is 0.214. The Morgan fingerprint density at radius 1 is 1.45 bits per heavy atom. The molecular formula is C8H17NO2. The molecule has 0 heterocycles. The van der Waals surface area contributed by atoms with Gasteiger partial charge in [-0.25, -0.2) is 0 Å². The average molecular weight is 159 g/mol. The van der Waals surface area contributed by atoms with Crippen LogP contribution in [-0.2, 0) is 4.79 Å².